The van der Waals surface area contributed by atoms with Crippen LogP contribution in [-0.4, -0.2) is 15.6 Å². The molecule has 1 atom stereocenters. The van der Waals surface area contributed by atoms with Crippen LogP contribution in [0.25, 0.3) is 10.8 Å². The highest BCUT2D eigenvalue weighted by atomic mass is 31.2. The highest BCUT2D eigenvalue weighted by Crippen LogP contribution is 2.41. The van der Waals surface area contributed by atoms with E-state index in [4.69, 9.17) is 9.79 Å². The van der Waals surface area contributed by atoms with Crippen LogP contribution in [-0.2, 0) is 4.57 Å². The molecule has 0 saturated carbocycles. The van der Waals surface area contributed by atoms with Crippen molar-refractivity contribution in [1.29, 1.82) is 0 Å². The minimum absolute atomic E-state index is 0.735. The third-order valence-corrected chi connectivity index (χ3v) is 3.80. The summed E-state index contributed by atoms with van der Waals surface area (Å²) in [5, 5.41) is 4.85. The zero-order valence-corrected chi connectivity index (χ0v) is 10.3. The largest absolute Gasteiger partial charge is 0.371 e. The van der Waals surface area contributed by atoms with E-state index in [1.807, 2.05) is 42.5 Å². The molecule has 0 saturated heterocycles. The van der Waals surface area contributed by atoms with Crippen molar-refractivity contribution in [2.45, 2.75) is 12.7 Å². The van der Waals surface area contributed by atoms with Gasteiger partial charge >= 0.3 is 7.60 Å². The van der Waals surface area contributed by atoms with Gasteiger partial charge in [0.1, 0.15) is 5.78 Å². The fourth-order valence-corrected chi connectivity index (χ4v) is 1.97. The molecule has 3 N–H and O–H groups in total. The molecule has 0 aliphatic carbocycles. The lowest BCUT2D eigenvalue weighted by atomic mass is 10.1. The first-order valence-corrected chi connectivity index (χ1v) is 6.96. The summed E-state index contributed by atoms with van der Waals surface area (Å²) >= 11 is 0. The second-order valence-electron chi connectivity index (χ2n) is 3.94. The van der Waals surface area contributed by atoms with Gasteiger partial charge in [0.15, 0.2) is 0 Å². The van der Waals surface area contributed by atoms with Crippen molar-refractivity contribution in [3.05, 3.63) is 42.5 Å². The molecule has 1 unspecified atom stereocenters. The van der Waals surface area contributed by atoms with Crippen LogP contribution >= 0.6 is 7.60 Å². The third kappa shape index (κ3) is 2.67. The van der Waals surface area contributed by atoms with Gasteiger partial charge in [-0.2, -0.15) is 0 Å². The zero-order valence-electron chi connectivity index (χ0n) is 9.37. The fourth-order valence-electron chi connectivity index (χ4n) is 1.66. The number of fused-ring (bicyclic) bond motifs is 1. The van der Waals surface area contributed by atoms with E-state index in [9.17, 15) is 4.57 Å². The predicted octanol–water partition coefficient (Wildman–Crippen LogP) is 2.78. The van der Waals surface area contributed by atoms with Gasteiger partial charge in [-0.15, -0.1) is 0 Å². The molecule has 4 nitrogen and oxygen atoms in total. The Labute approximate surface area is 99.4 Å². The van der Waals surface area contributed by atoms with E-state index in [2.05, 4.69) is 5.32 Å². The van der Waals surface area contributed by atoms with E-state index < -0.39 is 13.4 Å². The molecule has 0 amide bonds. The highest BCUT2D eigenvalue weighted by molar-refractivity contribution is 7.52. The standard InChI is InChI=1S/C12H14NO3P/c1-9(17(14,15)16)13-12-8-4-6-10-5-2-3-7-11(10)12/h2-9,13H,1H3,(H2,14,15,16). The first-order chi connectivity index (χ1) is 7.98. The van der Waals surface area contributed by atoms with Gasteiger partial charge in [-0.3, -0.25) is 4.57 Å². The van der Waals surface area contributed by atoms with Crippen molar-refractivity contribution in [3.8, 4) is 0 Å². The van der Waals surface area contributed by atoms with Gasteiger partial charge in [-0.05, 0) is 18.4 Å². The number of nitrogens with one attached hydrogen (secondary N) is 1. The van der Waals surface area contributed by atoms with Gasteiger partial charge < -0.3 is 15.1 Å². The van der Waals surface area contributed by atoms with Crippen LogP contribution < -0.4 is 5.32 Å². The molecule has 0 aromatic heterocycles. The molecule has 0 radical (unpaired) electrons. The smallest absolute Gasteiger partial charge is 0.347 e. The molecule has 0 aliphatic heterocycles. The Morgan fingerprint density at radius 3 is 2.47 bits per heavy atom. The van der Waals surface area contributed by atoms with Crippen LogP contribution in [0.4, 0.5) is 5.69 Å². The molecule has 5 heteroatoms. The third-order valence-electron chi connectivity index (χ3n) is 2.66. The summed E-state index contributed by atoms with van der Waals surface area (Å²) in [4.78, 5) is 18.1. The Morgan fingerprint density at radius 1 is 1.12 bits per heavy atom. The van der Waals surface area contributed by atoms with E-state index in [1.54, 1.807) is 0 Å². The summed E-state index contributed by atoms with van der Waals surface area (Å²) in [6.45, 7) is 1.47. The molecule has 2 rings (SSSR count). The van der Waals surface area contributed by atoms with Gasteiger partial charge in [-0.1, -0.05) is 36.4 Å². The van der Waals surface area contributed by atoms with Crippen molar-refractivity contribution < 1.29 is 14.4 Å². The molecule has 2 aromatic rings. The Morgan fingerprint density at radius 2 is 1.76 bits per heavy atom. The van der Waals surface area contributed by atoms with Gasteiger partial charge in [-0.25, -0.2) is 0 Å². The first-order valence-electron chi connectivity index (χ1n) is 5.28. The van der Waals surface area contributed by atoms with E-state index >= 15 is 0 Å². The van der Waals surface area contributed by atoms with Gasteiger partial charge in [0.25, 0.3) is 0 Å². The van der Waals surface area contributed by atoms with Crippen LogP contribution in [0.1, 0.15) is 6.92 Å². The van der Waals surface area contributed by atoms with Crippen molar-refractivity contribution in [2.75, 3.05) is 5.32 Å². The van der Waals surface area contributed by atoms with Crippen LogP contribution in [0.2, 0.25) is 0 Å². The van der Waals surface area contributed by atoms with Crippen molar-refractivity contribution in [2.24, 2.45) is 0 Å². The molecule has 0 heterocycles. The van der Waals surface area contributed by atoms with Gasteiger partial charge in [0.05, 0.1) is 0 Å². The second kappa shape index (κ2) is 4.49. The van der Waals surface area contributed by atoms with Crippen LogP contribution in [0.5, 0.6) is 0 Å². The first kappa shape index (κ1) is 12.1. The number of rotatable bonds is 3. The van der Waals surface area contributed by atoms with Crippen LogP contribution in [0, 0.1) is 0 Å². The molecular weight excluding hydrogens is 237 g/mol. The predicted molar refractivity (Wildman–Crippen MR) is 69.1 cm³/mol. The Bertz CT molecular complexity index is 573. The van der Waals surface area contributed by atoms with E-state index in [0.717, 1.165) is 16.5 Å². The monoisotopic (exact) mass is 251 g/mol. The number of anilines is 1. The second-order valence-corrected chi connectivity index (χ2v) is 5.89. The molecule has 0 aliphatic rings. The summed E-state index contributed by atoms with van der Waals surface area (Å²) in [6, 6.07) is 13.3. The zero-order chi connectivity index (χ0) is 12.5. The fraction of sp³-hybridized carbons (Fsp3) is 0.167. The Kier molecular flexibility index (Phi) is 3.20. The van der Waals surface area contributed by atoms with Crippen molar-refractivity contribution in [1.82, 2.24) is 0 Å². The lowest BCUT2D eigenvalue weighted by Gasteiger charge is -2.17. The quantitative estimate of drug-likeness (QED) is 0.733. The van der Waals surface area contributed by atoms with Crippen molar-refractivity contribution in [3.63, 3.8) is 0 Å². The normalized spacial score (nSPS) is 13.6. The van der Waals surface area contributed by atoms with Crippen LogP contribution in [0.15, 0.2) is 42.5 Å². The summed E-state index contributed by atoms with van der Waals surface area (Å²) in [7, 11) is -4.11. The molecule has 0 fully saturated rings. The maximum absolute atomic E-state index is 11.1. The van der Waals surface area contributed by atoms with E-state index in [0.29, 0.717) is 0 Å². The summed E-state index contributed by atoms with van der Waals surface area (Å²) < 4.78 is 11.1. The number of hydrogen-bond donors (Lipinski definition) is 3. The molecule has 17 heavy (non-hydrogen) atoms. The van der Waals surface area contributed by atoms with E-state index in [1.165, 1.54) is 6.92 Å². The molecular formula is C12H14NO3P. The summed E-state index contributed by atoms with van der Waals surface area (Å²) in [5.41, 5.74) is 0.735. The number of hydrogen-bond acceptors (Lipinski definition) is 2. The Balaban J connectivity index is 2.40. The molecule has 0 spiro atoms. The lowest BCUT2D eigenvalue weighted by molar-refractivity contribution is 0.364. The minimum Gasteiger partial charge on any atom is -0.371 e. The molecule has 2 aromatic carbocycles. The topological polar surface area (TPSA) is 69.6 Å². The van der Waals surface area contributed by atoms with Gasteiger partial charge in [0, 0.05) is 11.1 Å². The molecule has 90 valence electrons. The maximum atomic E-state index is 11.1. The summed E-state index contributed by atoms with van der Waals surface area (Å²) in [5.74, 6) is -0.895. The van der Waals surface area contributed by atoms with Crippen LogP contribution in [0.3, 0.4) is 0 Å². The SMILES string of the molecule is CC(Nc1cccc2ccccc12)P(=O)(O)O. The molecule has 0 bridgehead atoms. The average Bonchev–Trinajstić information content (AvgIpc) is 2.28. The maximum Gasteiger partial charge on any atom is 0.347 e. The van der Waals surface area contributed by atoms with E-state index in [-0.39, 0.29) is 0 Å². The highest BCUT2D eigenvalue weighted by Gasteiger charge is 2.23. The van der Waals surface area contributed by atoms with Crippen molar-refractivity contribution >= 4 is 24.1 Å². The Hall–Kier alpha value is -1.35. The average molecular weight is 251 g/mol. The lowest BCUT2D eigenvalue weighted by Crippen LogP contribution is -2.15. The summed E-state index contributed by atoms with van der Waals surface area (Å²) in [6.07, 6.45) is 0. The number of benzene rings is 2. The minimum atomic E-state index is -4.11. The van der Waals surface area contributed by atoms with Gasteiger partial charge in [0.2, 0.25) is 0 Å².